The molecular weight excluding hydrogens is 492 g/mol. The zero-order valence-corrected chi connectivity index (χ0v) is 22.2. The van der Waals surface area contributed by atoms with Crippen molar-refractivity contribution in [3.63, 3.8) is 0 Å². The van der Waals surface area contributed by atoms with E-state index in [4.69, 9.17) is 9.84 Å². The molecule has 2 heterocycles. The molecular formula is C30H34N6O3. The van der Waals surface area contributed by atoms with Gasteiger partial charge in [0, 0.05) is 49.2 Å². The normalized spacial score (nSPS) is 18.7. The van der Waals surface area contributed by atoms with Crippen molar-refractivity contribution in [1.29, 1.82) is 0 Å². The highest BCUT2D eigenvalue weighted by Gasteiger charge is 2.36. The van der Waals surface area contributed by atoms with Gasteiger partial charge in [-0.25, -0.2) is 19.4 Å². The van der Waals surface area contributed by atoms with Gasteiger partial charge in [-0.2, -0.15) is 5.10 Å². The first-order chi connectivity index (χ1) is 19.1. The van der Waals surface area contributed by atoms with Crippen molar-refractivity contribution < 1.29 is 14.6 Å². The largest absolute Gasteiger partial charge is 0.388 e. The van der Waals surface area contributed by atoms with E-state index in [9.17, 15) is 9.90 Å². The highest BCUT2D eigenvalue weighted by Crippen LogP contribution is 2.40. The Morgan fingerprint density at radius 3 is 2.41 bits per heavy atom. The van der Waals surface area contributed by atoms with E-state index >= 15 is 0 Å². The zero-order chi connectivity index (χ0) is 27.2. The summed E-state index contributed by atoms with van der Waals surface area (Å²) in [6.45, 7) is 2.40. The lowest BCUT2D eigenvalue weighted by Crippen LogP contribution is -2.40. The van der Waals surface area contributed by atoms with Crippen molar-refractivity contribution in [3.8, 4) is 16.9 Å². The van der Waals surface area contributed by atoms with Crippen LogP contribution in [-0.2, 0) is 11.3 Å². The average molecular weight is 527 g/mol. The summed E-state index contributed by atoms with van der Waals surface area (Å²) < 4.78 is 7.06. The van der Waals surface area contributed by atoms with Crippen LogP contribution in [0.4, 0.5) is 10.6 Å². The van der Waals surface area contributed by atoms with Crippen molar-refractivity contribution in [2.75, 3.05) is 19.0 Å². The molecule has 202 valence electrons. The van der Waals surface area contributed by atoms with E-state index in [0.717, 1.165) is 30.5 Å². The molecule has 9 nitrogen and oxygen atoms in total. The smallest absolute Gasteiger partial charge is 0.320 e. The topological polar surface area (TPSA) is 114 Å². The van der Waals surface area contributed by atoms with E-state index in [-0.39, 0.29) is 24.6 Å². The number of methoxy groups -OCH3 is 1. The monoisotopic (exact) mass is 526 g/mol. The fourth-order valence-electron chi connectivity index (χ4n) is 5.44. The van der Waals surface area contributed by atoms with Crippen LogP contribution in [0.2, 0.25) is 0 Å². The summed E-state index contributed by atoms with van der Waals surface area (Å²) >= 11 is 0. The van der Waals surface area contributed by atoms with Crippen LogP contribution in [0, 0.1) is 12.8 Å². The number of ether oxygens (including phenoxy) is 1. The molecule has 0 aliphatic heterocycles. The van der Waals surface area contributed by atoms with E-state index in [1.165, 1.54) is 5.56 Å². The molecule has 4 aromatic rings. The molecule has 2 aromatic heterocycles. The highest BCUT2D eigenvalue weighted by atomic mass is 16.5. The molecule has 5 rings (SSSR count). The molecule has 3 atom stereocenters. The Balaban J connectivity index is 1.41. The molecule has 2 aromatic carbocycles. The molecule has 3 N–H and O–H groups in total. The molecule has 39 heavy (non-hydrogen) atoms. The first kappa shape index (κ1) is 26.5. The summed E-state index contributed by atoms with van der Waals surface area (Å²) in [5.41, 5.74) is 4.20. The minimum Gasteiger partial charge on any atom is -0.388 e. The maximum absolute atomic E-state index is 13.5. The number of nitrogens with zero attached hydrogens (tertiary/aromatic N) is 4. The third-order valence-corrected chi connectivity index (χ3v) is 7.41. The predicted molar refractivity (Wildman–Crippen MR) is 150 cm³/mol. The Morgan fingerprint density at radius 1 is 1.05 bits per heavy atom. The molecule has 2 amide bonds. The molecule has 1 fully saturated rings. The molecule has 1 aliphatic rings. The van der Waals surface area contributed by atoms with Crippen molar-refractivity contribution in [1.82, 2.24) is 25.1 Å². The number of urea groups is 1. The molecule has 0 unspecified atom stereocenters. The summed E-state index contributed by atoms with van der Waals surface area (Å²) in [6.07, 6.45) is 6.15. The van der Waals surface area contributed by atoms with Gasteiger partial charge in [-0.3, -0.25) is 5.32 Å². The molecule has 0 spiro atoms. The fourth-order valence-corrected chi connectivity index (χ4v) is 5.44. The average Bonchev–Trinajstić information content (AvgIpc) is 3.53. The highest BCUT2D eigenvalue weighted by molar-refractivity contribution is 5.91. The van der Waals surface area contributed by atoms with Gasteiger partial charge in [0.05, 0.1) is 5.69 Å². The Hall–Kier alpha value is -4.08. The number of anilines is 1. The maximum Gasteiger partial charge on any atom is 0.320 e. The van der Waals surface area contributed by atoms with E-state index in [0.29, 0.717) is 35.4 Å². The van der Waals surface area contributed by atoms with E-state index in [1.807, 2.05) is 43.3 Å². The Kier molecular flexibility index (Phi) is 8.29. The number of aliphatic hydroxyl groups excluding tert-OH is 1. The van der Waals surface area contributed by atoms with Gasteiger partial charge in [0.1, 0.15) is 18.1 Å². The van der Waals surface area contributed by atoms with Crippen LogP contribution in [0.25, 0.3) is 16.9 Å². The lowest BCUT2D eigenvalue weighted by molar-refractivity contribution is 0.177. The molecule has 1 saturated carbocycles. The predicted octanol–water partition coefficient (Wildman–Crippen LogP) is 4.85. The number of carbonyl (C=O) groups is 1. The van der Waals surface area contributed by atoms with Crippen molar-refractivity contribution in [2.24, 2.45) is 5.92 Å². The van der Waals surface area contributed by atoms with Crippen LogP contribution in [0.1, 0.15) is 42.1 Å². The Bertz CT molecular complexity index is 1380. The summed E-state index contributed by atoms with van der Waals surface area (Å²) in [4.78, 5) is 21.9. The SMILES string of the molecule is COCC[C@@H]1C[C@@H](NC(=O)Nc2c(C)c(-c3cnc(CO)nc3)nn2-c2ccccc2)[C@H](c2ccccc2)C1. The van der Waals surface area contributed by atoms with Gasteiger partial charge in [-0.05, 0) is 49.8 Å². The minimum absolute atomic E-state index is 0.00144. The van der Waals surface area contributed by atoms with Gasteiger partial charge in [0.15, 0.2) is 5.82 Å². The Morgan fingerprint density at radius 2 is 1.74 bits per heavy atom. The van der Waals surface area contributed by atoms with Crippen LogP contribution in [0.15, 0.2) is 73.1 Å². The molecule has 0 bridgehead atoms. The number of aromatic nitrogens is 4. The van der Waals surface area contributed by atoms with Crippen LogP contribution in [0.3, 0.4) is 0 Å². The molecule has 0 radical (unpaired) electrons. The van der Waals surface area contributed by atoms with Crippen LogP contribution in [0.5, 0.6) is 0 Å². The van der Waals surface area contributed by atoms with E-state index in [2.05, 4.69) is 44.9 Å². The van der Waals surface area contributed by atoms with Crippen LogP contribution in [-0.4, -0.2) is 50.6 Å². The quantitative estimate of drug-likeness (QED) is 0.287. The van der Waals surface area contributed by atoms with E-state index in [1.54, 1.807) is 24.2 Å². The first-order valence-electron chi connectivity index (χ1n) is 13.3. The van der Waals surface area contributed by atoms with Crippen LogP contribution >= 0.6 is 0 Å². The number of benzene rings is 2. The van der Waals surface area contributed by atoms with Crippen molar-refractivity contribution >= 4 is 11.8 Å². The summed E-state index contributed by atoms with van der Waals surface area (Å²) in [6, 6.07) is 19.8. The van der Waals surface area contributed by atoms with Gasteiger partial charge in [0.2, 0.25) is 0 Å². The number of rotatable bonds is 9. The number of nitrogens with one attached hydrogen (secondary N) is 2. The van der Waals surface area contributed by atoms with Crippen molar-refractivity contribution in [2.45, 2.75) is 44.8 Å². The molecule has 1 aliphatic carbocycles. The number of carbonyl (C=O) groups excluding carboxylic acids is 1. The second-order valence-electron chi connectivity index (χ2n) is 9.96. The third kappa shape index (κ3) is 6.00. The lowest BCUT2D eigenvalue weighted by atomic mass is 9.93. The van der Waals surface area contributed by atoms with Crippen molar-refractivity contribution in [3.05, 3.63) is 90.0 Å². The fraction of sp³-hybridized carbons (Fsp3) is 0.333. The minimum atomic E-state index is -0.271. The van der Waals surface area contributed by atoms with Gasteiger partial charge < -0.3 is 15.2 Å². The summed E-state index contributed by atoms with van der Waals surface area (Å²) in [7, 11) is 1.73. The first-order valence-corrected chi connectivity index (χ1v) is 13.3. The molecule has 0 saturated heterocycles. The number of hydrogen-bond acceptors (Lipinski definition) is 6. The lowest BCUT2D eigenvalue weighted by Gasteiger charge is -2.22. The number of para-hydroxylation sites is 1. The number of aliphatic hydroxyl groups is 1. The summed E-state index contributed by atoms with van der Waals surface area (Å²) in [5.74, 6) is 1.62. The second kappa shape index (κ2) is 12.2. The van der Waals surface area contributed by atoms with Gasteiger partial charge >= 0.3 is 6.03 Å². The number of amides is 2. The van der Waals surface area contributed by atoms with Gasteiger partial charge in [-0.1, -0.05) is 48.5 Å². The third-order valence-electron chi connectivity index (χ3n) is 7.41. The molecule has 9 heteroatoms. The Labute approximate surface area is 228 Å². The number of hydrogen-bond donors (Lipinski definition) is 3. The second-order valence-corrected chi connectivity index (χ2v) is 9.96. The maximum atomic E-state index is 13.5. The van der Waals surface area contributed by atoms with Crippen LogP contribution < -0.4 is 10.6 Å². The van der Waals surface area contributed by atoms with E-state index < -0.39 is 0 Å². The summed E-state index contributed by atoms with van der Waals surface area (Å²) in [5, 5.41) is 20.5. The standard InChI is InChI=1S/C30H34N6O3/c1-20-28(23-17-31-27(19-37)32-18-23)35-36(24-11-7-4-8-12-24)29(20)34-30(38)33-26-16-21(13-14-39-2)15-25(26)22-9-5-3-6-10-22/h3-12,17-18,21,25-26,37H,13-16,19H2,1-2H3,(H2,33,34,38)/t21-,25-,26+/m0/s1. The van der Waals surface area contributed by atoms with Gasteiger partial charge in [-0.15, -0.1) is 0 Å². The zero-order valence-electron chi connectivity index (χ0n) is 22.2. The van der Waals surface area contributed by atoms with Gasteiger partial charge in [0.25, 0.3) is 0 Å².